The molecule has 2 aliphatic rings. The Labute approximate surface area is 135 Å². The van der Waals surface area contributed by atoms with Crippen LogP contribution in [0.15, 0.2) is 18.2 Å². The lowest BCUT2D eigenvalue weighted by molar-refractivity contribution is -0.149. The number of carbonyl (C=O) groups is 2. The van der Waals surface area contributed by atoms with Crippen LogP contribution in [0.25, 0.3) is 0 Å². The van der Waals surface area contributed by atoms with Gasteiger partial charge in [0.2, 0.25) is 0 Å². The highest BCUT2D eigenvalue weighted by atomic mass is 16.7. The molecule has 7 heteroatoms. The summed E-state index contributed by atoms with van der Waals surface area (Å²) in [5, 5.41) is 4.57. The summed E-state index contributed by atoms with van der Waals surface area (Å²) in [6.45, 7) is 1.40. The summed E-state index contributed by atoms with van der Waals surface area (Å²) in [6, 6.07) is 5.49. The molecule has 1 aromatic rings. The largest absolute Gasteiger partial charge is 0.482 e. The zero-order valence-corrected chi connectivity index (χ0v) is 13.4. The third-order valence-corrected chi connectivity index (χ3v) is 4.41. The first-order valence-electron chi connectivity index (χ1n) is 7.71. The molecule has 0 bridgehead atoms. The highest BCUT2D eigenvalue weighted by Crippen LogP contribution is 2.29. The zero-order chi connectivity index (χ0) is 16.4. The maximum absolute atomic E-state index is 12.6. The molecule has 3 rings (SSSR count). The lowest BCUT2D eigenvalue weighted by Gasteiger charge is -2.35. The van der Waals surface area contributed by atoms with Gasteiger partial charge in [0, 0.05) is 31.7 Å². The molecule has 2 aliphatic heterocycles. The van der Waals surface area contributed by atoms with Crippen molar-refractivity contribution in [2.24, 2.45) is 0 Å². The number of hydrogen-bond acceptors (Lipinski definition) is 5. The van der Waals surface area contributed by atoms with E-state index in [4.69, 9.17) is 9.57 Å². The number of likely N-dealkylation sites (tertiary alicyclic amines) is 1. The van der Waals surface area contributed by atoms with Gasteiger partial charge in [0.1, 0.15) is 5.75 Å². The van der Waals surface area contributed by atoms with E-state index in [2.05, 4.69) is 5.32 Å². The monoisotopic (exact) mass is 319 g/mol. The molecule has 0 unspecified atom stereocenters. The first-order chi connectivity index (χ1) is 11.1. The molecule has 0 aliphatic carbocycles. The maximum atomic E-state index is 12.6. The molecular weight excluding hydrogens is 298 g/mol. The van der Waals surface area contributed by atoms with Crippen molar-refractivity contribution in [2.75, 3.05) is 39.2 Å². The molecule has 1 aromatic carbocycles. The average molecular weight is 319 g/mol. The molecule has 7 nitrogen and oxygen atoms in total. The second-order valence-corrected chi connectivity index (χ2v) is 5.80. The van der Waals surface area contributed by atoms with E-state index in [0.717, 1.165) is 12.8 Å². The highest BCUT2D eigenvalue weighted by Gasteiger charge is 2.27. The smallest absolute Gasteiger partial charge is 0.262 e. The van der Waals surface area contributed by atoms with E-state index in [9.17, 15) is 9.59 Å². The summed E-state index contributed by atoms with van der Waals surface area (Å²) >= 11 is 0. The SMILES string of the molecule is CON(C)C1CCN(C(=O)c2ccc3c(c2)NC(=O)CO3)CC1. The Bertz CT molecular complexity index is 611. The Kier molecular flexibility index (Phi) is 4.49. The van der Waals surface area contributed by atoms with Crippen LogP contribution in [0.5, 0.6) is 5.75 Å². The molecule has 0 spiro atoms. The summed E-state index contributed by atoms with van der Waals surface area (Å²) in [7, 11) is 3.56. The van der Waals surface area contributed by atoms with Crippen LogP contribution in [-0.2, 0) is 9.63 Å². The van der Waals surface area contributed by atoms with Gasteiger partial charge in [-0.1, -0.05) is 0 Å². The number of carbonyl (C=O) groups excluding carboxylic acids is 2. The van der Waals surface area contributed by atoms with Crippen LogP contribution in [0.4, 0.5) is 5.69 Å². The molecular formula is C16H21N3O4. The zero-order valence-electron chi connectivity index (χ0n) is 13.4. The summed E-state index contributed by atoms with van der Waals surface area (Å²) in [5.74, 6) is 0.373. The maximum Gasteiger partial charge on any atom is 0.262 e. The lowest BCUT2D eigenvalue weighted by atomic mass is 10.0. The van der Waals surface area contributed by atoms with Crippen LogP contribution in [0, 0.1) is 0 Å². The fourth-order valence-electron chi connectivity index (χ4n) is 2.98. The van der Waals surface area contributed by atoms with Crippen molar-refractivity contribution >= 4 is 17.5 Å². The van der Waals surface area contributed by atoms with Crippen molar-refractivity contribution < 1.29 is 19.2 Å². The van der Waals surface area contributed by atoms with Gasteiger partial charge in [-0.05, 0) is 31.0 Å². The number of nitrogens with one attached hydrogen (secondary N) is 1. The molecule has 2 amide bonds. The molecule has 0 atom stereocenters. The predicted molar refractivity (Wildman–Crippen MR) is 84.3 cm³/mol. The second kappa shape index (κ2) is 6.55. The minimum Gasteiger partial charge on any atom is -0.482 e. The first-order valence-corrected chi connectivity index (χ1v) is 7.71. The van der Waals surface area contributed by atoms with Crippen LogP contribution in [0.3, 0.4) is 0 Å². The van der Waals surface area contributed by atoms with Crippen LogP contribution in [-0.4, -0.2) is 61.7 Å². The number of hydrogen-bond donors (Lipinski definition) is 1. The topological polar surface area (TPSA) is 71.1 Å². The van der Waals surface area contributed by atoms with Crippen molar-refractivity contribution in [3.63, 3.8) is 0 Å². The van der Waals surface area contributed by atoms with Crippen LogP contribution in [0.1, 0.15) is 23.2 Å². The van der Waals surface area contributed by atoms with Crippen molar-refractivity contribution in [1.29, 1.82) is 0 Å². The average Bonchev–Trinajstić information content (AvgIpc) is 2.59. The number of amides is 2. The van der Waals surface area contributed by atoms with Gasteiger partial charge >= 0.3 is 0 Å². The minimum atomic E-state index is -0.203. The van der Waals surface area contributed by atoms with Gasteiger partial charge in [0.05, 0.1) is 12.8 Å². The Balaban J connectivity index is 1.67. The quantitative estimate of drug-likeness (QED) is 0.845. The highest BCUT2D eigenvalue weighted by molar-refractivity contribution is 5.99. The van der Waals surface area contributed by atoms with Crippen LogP contribution >= 0.6 is 0 Å². The van der Waals surface area contributed by atoms with E-state index in [1.165, 1.54) is 0 Å². The van der Waals surface area contributed by atoms with Gasteiger partial charge in [-0.2, -0.15) is 5.06 Å². The van der Waals surface area contributed by atoms with E-state index in [1.54, 1.807) is 25.3 Å². The summed E-state index contributed by atoms with van der Waals surface area (Å²) < 4.78 is 5.31. The van der Waals surface area contributed by atoms with E-state index >= 15 is 0 Å². The van der Waals surface area contributed by atoms with Gasteiger partial charge in [0.25, 0.3) is 11.8 Å². The number of rotatable bonds is 3. The van der Waals surface area contributed by atoms with Crippen molar-refractivity contribution in [2.45, 2.75) is 18.9 Å². The standard InChI is InChI=1S/C16H21N3O4/c1-18(22-2)12-5-7-19(8-6-12)16(21)11-3-4-14-13(9-11)17-15(20)10-23-14/h3-4,9,12H,5-8,10H2,1-2H3,(H,17,20). The Morgan fingerprint density at radius 3 is 2.83 bits per heavy atom. The van der Waals surface area contributed by atoms with E-state index in [-0.39, 0.29) is 18.4 Å². The van der Waals surface area contributed by atoms with Crippen LogP contribution in [0.2, 0.25) is 0 Å². The van der Waals surface area contributed by atoms with Gasteiger partial charge in [-0.25, -0.2) is 0 Å². The predicted octanol–water partition coefficient (Wildman–Crippen LogP) is 1.12. The fourth-order valence-corrected chi connectivity index (χ4v) is 2.98. The third kappa shape index (κ3) is 3.30. The van der Waals surface area contributed by atoms with E-state index < -0.39 is 0 Å². The number of hydroxylamine groups is 2. The number of piperidine rings is 1. The minimum absolute atomic E-state index is 0.0147. The Morgan fingerprint density at radius 2 is 2.13 bits per heavy atom. The molecule has 23 heavy (non-hydrogen) atoms. The molecule has 0 saturated carbocycles. The number of fused-ring (bicyclic) bond motifs is 1. The van der Waals surface area contributed by atoms with Gasteiger partial charge in [0.15, 0.2) is 6.61 Å². The Morgan fingerprint density at radius 1 is 1.39 bits per heavy atom. The van der Waals surface area contributed by atoms with Crippen molar-refractivity contribution in [1.82, 2.24) is 9.96 Å². The molecule has 0 aromatic heterocycles. The number of nitrogens with zero attached hydrogens (tertiary/aromatic N) is 2. The lowest BCUT2D eigenvalue weighted by Crippen LogP contribution is -2.45. The third-order valence-electron chi connectivity index (χ3n) is 4.41. The summed E-state index contributed by atoms with van der Waals surface area (Å²) in [5.41, 5.74) is 1.12. The van der Waals surface area contributed by atoms with Crippen molar-refractivity contribution in [3.05, 3.63) is 23.8 Å². The van der Waals surface area contributed by atoms with E-state index in [1.807, 2.05) is 17.0 Å². The molecule has 1 saturated heterocycles. The second-order valence-electron chi connectivity index (χ2n) is 5.80. The summed E-state index contributed by atoms with van der Waals surface area (Å²) in [4.78, 5) is 31.1. The normalized spacial score (nSPS) is 18.4. The van der Waals surface area contributed by atoms with Crippen molar-refractivity contribution in [3.8, 4) is 5.75 Å². The molecule has 124 valence electrons. The number of ether oxygens (including phenoxy) is 1. The molecule has 2 heterocycles. The first kappa shape index (κ1) is 15.8. The van der Waals surface area contributed by atoms with Gasteiger partial charge in [-0.3, -0.25) is 9.59 Å². The molecule has 0 radical (unpaired) electrons. The Hall–Kier alpha value is -2.12. The summed E-state index contributed by atoms with van der Waals surface area (Å²) in [6.07, 6.45) is 1.75. The van der Waals surface area contributed by atoms with Crippen LogP contribution < -0.4 is 10.1 Å². The number of benzene rings is 1. The van der Waals surface area contributed by atoms with E-state index in [0.29, 0.717) is 36.1 Å². The van der Waals surface area contributed by atoms with Gasteiger partial charge < -0.3 is 19.8 Å². The molecule has 1 fully saturated rings. The number of anilines is 1. The van der Waals surface area contributed by atoms with Gasteiger partial charge in [-0.15, -0.1) is 0 Å². The fraction of sp³-hybridized carbons (Fsp3) is 0.500. The molecule has 1 N–H and O–H groups in total.